The summed E-state index contributed by atoms with van der Waals surface area (Å²) in [4.78, 5) is 0. The lowest BCUT2D eigenvalue weighted by Gasteiger charge is -2.32. The van der Waals surface area contributed by atoms with Crippen LogP contribution in [0.15, 0.2) is 16.9 Å². The lowest BCUT2D eigenvalue weighted by atomic mass is 9.79. The van der Waals surface area contributed by atoms with Gasteiger partial charge in [-0.1, -0.05) is 19.0 Å². The Bertz CT molecular complexity index is 516. The van der Waals surface area contributed by atoms with Crippen LogP contribution in [0.2, 0.25) is 0 Å². The van der Waals surface area contributed by atoms with Gasteiger partial charge >= 0.3 is 0 Å². The summed E-state index contributed by atoms with van der Waals surface area (Å²) in [5.41, 5.74) is 0.422. The molecular weight excluding hydrogens is 290 g/mol. The zero-order valence-corrected chi connectivity index (χ0v) is 13.5. The van der Waals surface area contributed by atoms with Gasteiger partial charge in [-0.3, -0.25) is 0 Å². The second-order valence-corrected chi connectivity index (χ2v) is 7.87. The molecule has 0 amide bonds. The van der Waals surface area contributed by atoms with Gasteiger partial charge in [0.05, 0.1) is 5.69 Å². The van der Waals surface area contributed by atoms with Crippen LogP contribution in [0, 0.1) is 11.8 Å². The minimum absolute atomic E-state index is 0.137. The van der Waals surface area contributed by atoms with Crippen LogP contribution >= 0.6 is 0 Å². The predicted octanol–water partition coefficient (Wildman–Crippen LogP) is 1.51. The predicted molar refractivity (Wildman–Crippen MR) is 81.1 cm³/mol. The molecular formula is C14H25N3O3S. The van der Waals surface area contributed by atoms with E-state index in [-0.39, 0.29) is 5.75 Å². The number of aromatic nitrogens is 1. The summed E-state index contributed by atoms with van der Waals surface area (Å²) in [7, 11) is -3.34. The van der Waals surface area contributed by atoms with Crippen LogP contribution in [0.5, 0.6) is 0 Å². The van der Waals surface area contributed by atoms with E-state index in [1.54, 1.807) is 6.07 Å². The van der Waals surface area contributed by atoms with E-state index in [0.29, 0.717) is 24.8 Å². The molecule has 7 heteroatoms. The molecule has 0 aromatic carbocycles. The molecule has 1 fully saturated rings. The molecule has 1 aliphatic carbocycles. The smallest absolute Gasteiger partial charge is 0.217 e. The first kappa shape index (κ1) is 16.5. The summed E-state index contributed by atoms with van der Waals surface area (Å²) >= 11 is 0. The Balaban J connectivity index is 1.65. The summed E-state index contributed by atoms with van der Waals surface area (Å²) in [5, 5.41) is 7.05. The highest BCUT2D eigenvalue weighted by atomic mass is 32.2. The summed E-state index contributed by atoms with van der Waals surface area (Å²) in [6.07, 6.45) is 4.97. The number of hydrogen-bond donors (Lipinski definition) is 2. The molecule has 1 aliphatic rings. The molecule has 2 N–H and O–H groups in total. The molecule has 0 bridgehead atoms. The van der Waals surface area contributed by atoms with E-state index in [2.05, 4.69) is 33.6 Å². The molecule has 1 saturated carbocycles. The van der Waals surface area contributed by atoms with Gasteiger partial charge in [0.2, 0.25) is 10.0 Å². The van der Waals surface area contributed by atoms with Gasteiger partial charge in [-0.15, -0.1) is 0 Å². The average Bonchev–Trinajstić information content (AvgIpc) is 2.91. The van der Waals surface area contributed by atoms with Crippen molar-refractivity contribution in [3.63, 3.8) is 0 Å². The van der Waals surface area contributed by atoms with E-state index in [1.807, 2.05) is 0 Å². The fourth-order valence-electron chi connectivity index (χ4n) is 2.77. The quantitative estimate of drug-likeness (QED) is 0.745. The molecule has 2 rings (SSSR count). The molecule has 0 radical (unpaired) electrons. The first-order valence-electron chi connectivity index (χ1n) is 7.56. The largest absolute Gasteiger partial charge is 0.364 e. The minimum Gasteiger partial charge on any atom is -0.364 e. The molecule has 120 valence electrons. The van der Waals surface area contributed by atoms with E-state index < -0.39 is 10.0 Å². The number of rotatable bonds is 7. The van der Waals surface area contributed by atoms with Crippen LogP contribution in [-0.4, -0.2) is 32.7 Å². The normalized spacial score (nSPS) is 26.9. The molecule has 21 heavy (non-hydrogen) atoms. The molecule has 1 heterocycles. The summed E-state index contributed by atoms with van der Waals surface area (Å²) < 4.78 is 30.9. The van der Waals surface area contributed by atoms with Gasteiger partial charge in [-0.2, -0.15) is 0 Å². The molecule has 0 spiro atoms. The summed E-state index contributed by atoms with van der Waals surface area (Å²) in [6.45, 7) is 5.66. The third-order valence-electron chi connectivity index (χ3n) is 4.31. The zero-order chi connectivity index (χ0) is 15.3. The van der Waals surface area contributed by atoms with Crippen molar-refractivity contribution >= 4 is 10.0 Å². The zero-order valence-electron chi connectivity index (χ0n) is 12.7. The second kappa shape index (κ2) is 7.38. The topological polar surface area (TPSA) is 84.2 Å². The van der Waals surface area contributed by atoms with Crippen molar-refractivity contribution in [1.29, 1.82) is 0 Å². The number of nitrogens with one attached hydrogen (secondary N) is 2. The third kappa shape index (κ3) is 5.41. The standard InChI is InChI=1S/C14H25N3O3S/c1-11-3-4-13(9-12(11)2)15-6-7-16-21(18,19)10-14-5-8-20-17-14/h5,8,11-13,15-16H,3-4,6-7,9-10H2,1-2H3/t11-,12-,13+/m1/s1. The van der Waals surface area contributed by atoms with Crippen LogP contribution in [0.1, 0.15) is 38.8 Å². The average molecular weight is 315 g/mol. The van der Waals surface area contributed by atoms with Crippen molar-refractivity contribution in [3.05, 3.63) is 18.0 Å². The van der Waals surface area contributed by atoms with Crippen molar-refractivity contribution in [2.45, 2.75) is 44.9 Å². The van der Waals surface area contributed by atoms with E-state index >= 15 is 0 Å². The molecule has 3 atom stereocenters. The molecule has 1 aromatic rings. The van der Waals surface area contributed by atoms with Gasteiger partial charge in [-0.05, 0) is 31.1 Å². The van der Waals surface area contributed by atoms with Crippen molar-refractivity contribution in [3.8, 4) is 0 Å². The van der Waals surface area contributed by atoms with Crippen LogP contribution in [0.3, 0.4) is 0 Å². The highest BCUT2D eigenvalue weighted by molar-refractivity contribution is 7.88. The first-order valence-corrected chi connectivity index (χ1v) is 9.21. The molecule has 0 aliphatic heterocycles. The fourth-order valence-corrected chi connectivity index (χ4v) is 3.83. The molecule has 0 unspecified atom stereocenters. The van der Waals surface area contributed by atoms with Gasteiger partial charge < -0.3 is 9.84 Å². The number of hydrogen-bond acceptors (Lipinski definition) is 5. The van der Waals surface area contributed by atoms with E-state index in [9.17, 15) is 8.42 Å². The molecule has 1 aromatic heterocycles. The fraction of sp³-hybridized carbons (Fsp3) is 0.786. The Hall–Kier alpha value is -0.920. The minimum atomic E-state index is -3.34. The Labute approximate surface area is 126 Å². The third-order valence-corrected chi connectivity index (χ3v) is 5.63. The van der Waals surface area contributed by atoms with Crippen LogP contribution in [0.25, 0.3) is 0 Å². The highest BCUT2D eigenvalue weighted by Gasteiger charge is 2.23. The lowest BCUT2D eigenvalue weighted by Crippen LogP contribution is -2.40. The van der Waals surface area contributed by atoms with Gasteiger partial charge in [0.25, 0.3) is 0 Å². The lowest BCUT2D eigenvalue weighted by molar-refractivity contribution is 0.227. The van der Waals surface area contributed by atoms with Crippen LogP contribution < -0.4 is 10.0 Å². The summed E-state index contributed by atoms with van der Waals surface area (Å²) in [6, 6.07) is 2.07. The van der Waals surface area contributed by atoms with Crippen LogP contribution in [-0.2, 0) is 15.8 Å². The number of nitrogens with zero attached hydrogens (tertiary/aromatic N) is 1. The molecule has 0 saturated heterocycles. The maximum Gasteiger partial charge on any atom is 0.217 e. The van der Waals surface area contributed by atoms with Crippen molar-refractivity contribution in [2.24, 2.45) is 11.8 Å². The second-order valence-electron chi connectivity index (χ2n) is 6.06. The van der Waals surface area contributed by atoms with E-state index in [1.165, 1.54) is 25.5 Å². The molecule has 6 nitrogen and oxygen atoms in total. The Morgan fingerprint density at radius 2 is 2.10 bits per heavy atom. The monoisotopic (exact) mass is 315 g/mol. The Morgan fingerprint density at radius 3 is 2.76 bits per heavy atom. The van der Waals surface area contributed by atoms with E-state index in [0.717, 1.165) is 11.8 Å². The maximum atomic E-state index is 11.8. The van der Waals surface area contributed by atoms with Crippen molar-refractivity contribution in [2.75, 3.05) is 13.1 Å². The van der Waals surface area contributed by atoms with Crippen molar-refractivity contribution in [1.82, 2.24) is 15.2 Å². The number of sulfonamides is 1. The van der Waals surface area contributed by atoms with Crippen molar-refractivity contribution < 1.29 is 12.9 Å². The summed E-state index contributed by atoms with van der Waals surface area (Å²) in [5.74, 6) is 1.39. The maximum absolute atomic E-state index is 11.8. The first-order chi connectivity index (χ1) is 9.96. The Kier molecular flexibility index (Phi) is 5.78. The SMILES string of the molecule is C[C@@H]1CC[C@H](NCCNS(=O)(=O)Cc2ccon2)C[C@H]1C. The van der Waals surface area contributed by atoms with Gasteiger partial charge in [0.15, 0.2) is 0 Å². The van der Waals surface area contributed by atoms with Gasteiger partial charge in [0.1, 0.15) is 12.0 Å². The van der Waals surface area contributed by atoms with Gasteiger partial charge in [-0.25, -0.2) is 13.1 Å². The highest BCUT2D eigenvalue weighted by Crippen LogP contribution is 2.29. The van der Waals surface area contributed by atoms with Gasteiger partial charge in [0, 0.05) is 25.2 Å². The van der Waals surface area contributed by atoms with Crippen LogP contribution in [0.4, 0.5) is 0 Å². The Morgan fingerprint density at radius 1 is 1.29 bits per heavy atom. The van der Waals surface area contributed by atoms with E-state index in [4.69, 9.17) is 0 Å².